The van der Waals surface area contributed by atoms with Crippen molar-refractivity contribution < 1.29 is 4.42 Å². The molecule has 0 radical (unpaired) electrons. The van der Waals surface area contributed by atoms with Gasteiger partial charge in [-0.3, -0.25) is 4.79 Å². The molecule has 0 saturated heterocycles. The van der Waals surface area contributed by atoms with Crippen LogP contribution in [0.3, 0.4) is 0 Å². The first-order valence-electron chi connectivity index (χ1n) is 4.97. The van der Waals surface area contributed by atoms with E-state index in [0.717, 1.165) is 13.1 Å². The second kappa shape index (κ2) is 4.79. The van der Waals surface area contributed by atoms with Crippen LogP contribution in [0.25, 0.3) is 0 Å². The lowest BCUT2D eigenvalue weighted by molar-refractivity contribution is 0.468. The van der Waals surface area contributed by atoms with Gasteiger partial charge in [0.25, 0.3) is 5.56 Å². The molecule has 0 fully saturated rings. The maximum absolute atomic E-state index is 11.2. The van der Waals surface area contributed by atoms with Gasteiger partial charge in [-0.25, -0.2) is 0 Å². The van der Waals surface area contributed by atoms with E-state index in [1.54, 1.807) is 0 Å². The minimum absolute atomic E-state index is 0.227. The fourth-order valence-corrected chi connectivity index (χ4v) is 1.24. The Hall–Kier alpha value is -1.32. The van der Waals surface area contributed by atoms with Gasteiger partial charge < -0.3 is 9.32 Å². The van der Waals surface area contributed by atoms with Gasteiger partial charge in [0.15, 0.2) is 0 Å². The van der Waals surface area contributed by atoms with Gasteiger partial charge in [-0.05, 0) is 13.8 Å². The average molecular weight is 196 g/mol. The van der Waals surface area contributed by atoms with Crippen LogP contribution in [0, 0.1) is 0 Å². The highest BCUT2D eigenvalue weighted by molar-refractivity contribution is 5.24. The number of hydrogen-bond donors (Lipinski definition) is 0. The molecule has 0 N–H and O–H groups in total. The standard InChI is InChI=1S/C10H16N2O2/c1-4-8-7-9(13)11-10(14-8)12(5-2)6-3/h7H,4-6H2,1-3H3. The van der Waals surface area contributed by atoms with Crippen molar-refractivity contribution in [2.75, 3.05) is 18.0 Å². The van der Waals surface area contributed by atoms with Crippen LogP contribution in [0.5, 0.6) is 0 Å². The number of rotatable bonds is 4. The summed E-state index contributed by atoms with van der Waals surface area (Å²) in [7, 11) is 0. The second-order valence-electron chi connectivity index (χ2n) is 2.97. The van der Waals surface area contributed by atoms with Crippen LogP contribution in [-0.4, -0.2) is 18.1 Å². The van der Waals surface area contributed by atoms with Gasteiger partial charge in [-0.15, -0.1) is 0 Å². The minimum atomic E-state index is -0.227. The van der Waals surface area contributed by atoms with E-state index >= 15 is 0 Å². The Bertz CT molecular complexity index is 342. The van der Waals surface area contributed by atoms with Crippen molar-refractivity contribution in [3.8, 4) is 0 Å². The monoisotopic (exact) mass is 196 g/mol. The molecule has 0 amide bonds. The van der Waals surface area contributed by atoms with E-state index in [2.05, 4.69) is 4.98 Å². The molecule has 0 bridgehead atoms. The zero-order valence-corrected chi connectivity index (χ0v) is 8.91. The Morgan fingerprint density at radius 2 is 2.00 bits per heavy atom. The highest BCUT2D eigenvalue weighted by atomic mass is 16.4. The maximum atomic E-state index is 11.2. The molecule has 0 spiro atoms. The number of nitrogens with zero attached hydrogens (tertiary/aromatic N) is 2. The van der Waals surface area contributed by atoms with Crippen LogP contribution in [0.15, 0.2) is 15.3 Å². The molecular weight excluding hydrogens is 180 g/mol. The first kappa shape index (κ1) is 10.8. The van der Waals surface area contributed by atoms with Gasteiger partial charge in [0, 0.05) is 25.6 Å². The van der Waals surface area contributed by atoms with Crippen LogP contribution < -0.4 is 10.5 Å². The lowest BCUT2D eigenvalue weighted by atomic mass is 10.3. The summed E-state index contributed by atoms with van der Waals surface area (Å²) in [4.78, 5) is 17.0. The van der Waals surface area contributed by atoms with Crippen molar-refractivity contribution in [3.63, 3.8) is 0 Å². The third-order valence-corrected chi connectivity index (χ3v) is 2.10. The van der Waals surface area contributed by atoms with E-state index in [1.807, 2.05) is 25.7 Å². The largest absolute Gasteiger partial charge is 0.430 e. The molecule has 78 valence electrons. The van der Waals surface area contributed by atoms with Crippen LogP contribution in [0.1, 0.15) is 26.5 Å². The van der Waals surface area contributed by atoms with Gasteiger partial charge in [0.2, 0.25) is 0 Å². The molecule has 14 heavy (non-hydrogen) atoms. The number of anilines is 1. The van der Waals surface area contributed by atoms with Crippen LogP contribution in [0.2, 0.25) is 0 Å². The highest BCUT2D eigenvalue weighted by Gasteiger charge is 2.08. The van der Waals surface area contributed by atoms with Crippen molar-refractivity contribution in [2.45, 2.75) is 27.2 Å². The molecule has 1 aromatic rings. The molecule has 0 atom stereocenters. The molecule has 1 heterocycles. The Morgan fingerprint density at radius 1 is 1.36 bits per heavy atom. The Morgan fingerprint density at radius 3 is 2.50 bits per heavy atom. The summed E-state index contributed by atoms with van der Waals surface area (Å²) in [5.41, 5.74) is -0.227. The van der Waals surface area contributed by atoms with Crippen LogP contribution in [-0.2, 0) is 6.42 Å². The topological polar surface area (TPSA) is 46.3 Å². The first-order valence-corrected chi connectivity index (χ1v) is 4.97. The minimum Gasteiger partial charge on any atom is -0.430 e. The summed E-state index contributed by atoms with van der Waals surface area (Å²) in [5, 5.41) is 0. The lowest BCUT2D eigenvalue weighted by Crippen LogP contribution is -2.25. The SMILES string of the molecule is CCc1cc(=O)nc(N(CC)CC)o1. The fraction of sp³-hybridized carbons (Fsp3) is 0.600. The maximum Gasteiger partial charge on any atom is 0.300 e. The van der Waals surface area contributed by atoms with Gasteiger partial charge in [0.1, 0.15) is 5.76 Å². The van der Waals surface area contributed by atoms with Crippen LogP contribution in [0.4, 0.5) is 6.01 Å². The Kier molecular flexibility index (Phi) is 3.68. The quantitative estimate of drug-likeness (QED) is 0.731. The first-order chi connectivity index (χ1) is 6.71. The summed E-state index contributed by atoms with van der Waals surface area (Å²) in [6.45, 7) is 7.54. The smallest absolute Gasteiger partial charge is 0.300 e. The molecular formula is C10H16N2O2. The molecule has 4 heteroatoms. The third-order valence-electron chi connectivity index (χ3n) is 2.10. The van der Waals surface area contributed by atoms with Gasteiger partial charge >= 0.3 is 6.01 Å². The molecule has 0 unspecified atom stereocenters. The van der Waals surface area contributed by atoms with Crippen molar-refractivity contribution in [3.05, 3.63) is 22.2 Å². The van der Waals surface area contributed by atoms with E-state index in [4.69, 9.17) is 4.42 Å². The Labute approximate surface area is 83.6 Å². The molecule has 1 rings (SSSR count). The summed E-state index contributed by atoms with van der Waals surface area (Å²) in [6, 6.07) is 1.87. The second-order valence-corrected chi connectivity index (χ2v) is 2.97. The zero-order valence-electron chi connectivity index (χ0n) is 8.91. The molecule has 0 aliphatic rings. The van der Waals surface area contributed by atoms with Crippen molar-refractivity contribution in [2.24, 2.45) is 0 Å². The van der Waals surface area contributed by atoms with E-state index < -0.39 is 0 Å². The molecule has 0 aliphatic heterocycles. The normalized spacial score (nSPS) is 10.2. The lowest BCUT2D eigenvalue weighted by Gasteiger charge is -2.17. The van der Waals surface area contributed by atoms with E-state index in [0.29, 0.717) is 18.2 Å². The number of hydrogen-bond acceptors (Lipinski definition) is 4. The van der Waals surface area contributed by atoms with Gasteiger partial charge in [0.05, 0.1) is 0 Å². The molecule has 0 aliphatic carbocycles. The van der Waals surface area contributed by atoms with Crippen molar-refractivity contribution in [1.29, 1.82) is 0 Å². The average Bonchev–Trinajstić information content (AvgIpc) is 2.19. The van der Waals surface area contributed by atoms with Gasteiger partial charge in [-0.2, -0.15) is 4.98 Å². The fourth-order valence-electron chi connectivity index (χ4n) is 1.24. The number of aryl methyl sites for hydroxylation is 1. The van der Waals surface area contributed by atoms with E-state index in [9.17, 15) is 4.79 Å². The summed E-state index contributed by atoms with van der Waals surface area (Å²) in [6.07, 6.45) is 0.714. The van der Waals surface area contributed by atoms with Crippen molar-refractivity contribution in [1.82, 2.24) is 4.98 Å². The molecule has 0 saturated carbocycles. The third kappa shape index (κ3) is 2.34. The number of aromatic nitrogens is 1. The zero-order chi connectivity index (χ0) is 10.6. The van der Waals surface area contributed by atoms with E-state index in [-0.39, 0.29) is 5.56 Å². The predicted octanol–water partition coefficient (Wildman–Crippen LogP) is 1.44. The predicted molar refractivity (Wildman–Crippen MR) is 55.7 cm³/mol. The summed E-state index contributed by atoms with van der Waals surface area (Å²) < 4.78 is 5.47. The van der Waals surface area contributed by atoms with E-state index in [1.165, 1.54) is 6.07 Å². The molecule has 1 aromatic heterocycles. The highest BCUT2D eigenvalue weighted by Crippen LogP contribution is 2.10. The Balaban J connectivity index is 3.07. The summed E-state index contributed by atoms with van der Waals surface area (Å²) in [5.74, 6) is 0.687. The van der Waals surface area contributed by atoms with Crippen LogP contribution >= 0.6 is 0 Å². The molecule has 4 nitrogen and oxygen atoms in total. The van der Waals surface area contributed by atoms with Crippen molar-refractivity contribution >= 4 is 6.01 Å². The van der Waals surface area contributed by atoms with Gasteiger partial charge in [-0.1, -0.05) is 6.92 Å². The summed E-state index contributed by atoms with van der Waals surface area (Å²) >= 11 is 0. The molecule has 0 aromatic carbocycles.